The summed E-state index contributed by atoms with van der Waals surface area (Å²) in [6.07, 6.45) is 0. The van der Waals surface area contributed by atoms with Gasteiger partial charge in [-0.3, -0.25) is 4.79 Å². The Morgan fingerprint density at radius 2 is 1.72 bits per heavy atom. The van der Waals surface area contributed by atoms with Gasteiger partial charge in [0.25, 0.3) is 0 Å². The smallest absolute Gasteiger partial charge is 0.244 e. The number of anilines is 1. The van der Waals surface area contributed by atoms with E-state index in [1.807, 2.05) is 6.92 Å². The molecule has 0 atom stereocenters. The van der Waals surface area contributed by atoms with Gasteiger partial charge in [-0.1, -0.05) is 11.6 Å². The number of hydrogen-bond acceptors (Lipinski definition) is 4. The lowest BCUT2D eigenvalue weighted by atomic mass is 10.1. The van der Waals surface area contributed by atoms with E-state index in [1.54, 1.807) is 37.3 Å². The van der Waals surface area contributed by atoms with E-state index in [0.717, 1.165) is 11.1 Å². The Morgan fingerprint density at radius 1 is 1.12 bits per heavy atom. The summed E-state index contributed by atoms with van der Waals surface area (Å²) in [5.41, 5.74) is 2.25. The molecule has 8 heteroatoms. The third kappa shape index (κ3) is 4.94. The van der Waals surface area contributed by atoms with E-state index >= 15 is 0 Å². The summed E-state index contributed by atoms with van der Waals surface area (Å²) in [6.45, 7) is 3.27. The molecule has 0 aliphatic carbocycles. The minimum absolute atomic E-state index is 0.00241. The van der Waals surface area contributed by atoms with Crippen LogP contribution in [0.15, 0.2) is 41.3 Å². The van der Waals surface area contributed by atoms with Gasteiger partial charge in [-0.2, -0.15) is 0 Å². The Morgan fingerprint density at radius 3 is 2.32 bits per heavy atom. The van der Waals surface area contributed by atoms with Crippen LogP contribution in [0.1, 0.15) is 11.1 Å². The Bertz CT molecular complexity index is 880. The van der Waals surface area contributed by atoms with Crippen molar-refractivity contribution < 1.29 is 17.9 Å². The lowest BCUT2D eigenvalue weighted by Gasteiger charge is -2.13. The predicted octanol–water partition coefficient (Wildman–Crippen LogP) is 2.88. The maximum absolute atomic E-state index is 12.5. The van der Waals surface area contributed by atoms with Crippen LogP contribution in [0.5, 0.6) is 5.75 Å². The zero-order valence-corrected chi connectivity index (χ0v) is 15.7. The highest BCUT2D eigenvalue weighted by molar-refractivity contribution is 7.89. The van der Waals surface area contributed by atoms with Crippen molar-refractivity contribution in [3.05, 3.63) is 52.5 Å². The molecule has 0 saturated heterocycles. The fourth-order valence-electron chi connectivity index (χ4n) is 2.11. The molecule has 0 fully saturated rings. The Hall–Kier alpha value is -2.09. The maximum Gasteiger partial charge on any atom is 0.244 e. The van der Waals surface area contributed by atoms with Crippen LogP contribution in [0.2, 0.25) is 5.02 Å². The predicted molar refractivity (Wildman–Crippen MR) is 97.7 cm³/mol. The minimum Gasteiger partial charge on any atom is -0.495 e. The first-order chi connectivity index (χ1) is 11.7. The normalized spacial score (nSPS) is 11.2. The minimum atomic E-state index is -3.89. The number of hydrogen-bond donors (Lipinski definition) is 2. The topological polar surface area (TPSA) is 84.5 Å². The molecule has 0 saturated carbocycles. The number of methoxy groups -OCH3 is 1. The number of ether oxygens (including phenoxy) is 1. The summed E-state index contributed by atoms with van der Waals surface area (Å²) in [5.74, 6) is -0.262. The number of amides is 1. The molecule has 25 heavy (non-hydrogen) atoms. The van der Waals surface area contributed by atoms with Crippen molar-refractivity contribution in [3.8, 4) is 5.75 Å². The van der Waals surface area contributed by atoms with Gasteiger partial charge in [-0.05, 0) is 61.4 Å². The summed E-state index contributed by atoms with van der Waals surface area (Å²) in [6, 6.07) is 9.68. The standard InChI is InChI=1S/C17H19ClN2O4S/c1-11-8-15(24-3)16(9-12(11)2)25(22,23)19-10-17(21)20-14-6-4-13(18)5-7-14/h4-9,19H,10H2,1-3H3,(H,20,21). The van der Waals surface area contributed by atoms with Crippen LogP contribution in [0.25, 0.3) is 0 Å². The molecular formula is C17H19ClN2O4S. The molecule has 0 radical (unpaired) electrons. The summed E-state index contributed by atoms with van der Waals surface area (Å²) < 4.78 is 32.4. The molecule has 0 bridgehead atoms. The summed E-state index contributed by atoms with van der Waals surface area (Å²) in [4.78, 5) is 11.9. The number of benzene rings is 2. The van der Waals surface area contributed by atoms with Crippen molar-refractivity contribution in [3.63, 3.8) is 0 Å². The van der Waals surface area contributed by atoms with Gasteiger partial charge < -0.3 is 10.1 Å². The summed E-state index contributed by atoms with van der Waals surface area (Å²) >= 11 is 5.77. The van der Waals surface area contributed by atoms with E-state index in [2.05, 4.69) is 10.0 Å². The van der Waals surface area contributed by atoms with Crippen LogP contribution in [-0.2, 0) is 14.8 Å². The van der Waals surface area contributed by atoms with Gasteiger partial charge >= 0.3 is 0 Å². The second-order valence-electron chi connectivity index (χ2n) is 5.47. The largest absolute Gasteiger partial charge is 0.495 e. The van der Waals surface area contributed by atoms with Crippen LogP contribution in [0.4, 0.5) is 5.69 Å². The molecule has 2 rings (SSSR count). The first-order valence-electron chi connectivity index (χ1n) is 7.43. The van der Waals surface area contributed by atoms with E-state index in [0.29, 0.717) is 10.7 Å². The SMILES string of the molecule is COc1cc(C)c(C)cc1S(=O)(=O)NCC(=O)Nc1ccc(Cl)cc1. The Labute approximate surface area is 152 Å². The highest BCUT2D eigenvalue weighted by atomic mass is 35.5. The monoisotopic (exact) mass is 382 g/mol. The lowest BCUT2D eigenvalue weighted by molar-refractivity contribution is -0.115. The van der Waals surface area contributed by atoms with E-state index in [9.17, 15) is 13.2 Å². The first-order valence-corrected chi connectivity index (χ1v) is 9.29. The van der Waals surface area contributed by atoms with Crippen molar-refractivity contribution in [2.24, 2.45) is 0 Å². The van der Waals surface area contributed by atoms with E-state index in [1.165, 1.54) is 13.2 Å². The molecule has 134 valence electrons. The second-order valence-corrected chi connectivity index (χ2v) is 7.64. The van der Waals surface area contributed by atoms with Crippen molar-refractivity contribution >= 4 is 33.2 Å². The van der Waals surface area contributed by atoms with Crippen LogP contribution >= 0.6 is 11.6 Å². The zero-order valence-electron chi connectivity index (χ0n) is 14.1. The molecule has 0 aliphatic rings. The number of nitrogens with one attached hydrogen (secondary N) is 2. The molecule has 2 N–H and O–H groups in total. The molecule has 0 spiro atoms. The third-order valence-corrected chi connectivity index (χ3v) is 5.29. The van der Waals surface area contributed by atoms with Gasteiger partial charge in [0.1, 0.15) is 10.6 Å². The zero-order chi connectivity index (χ0) is 18.6. The van der Waals surface area contributed by atoms with E-state index < -0.39 is 22.5 Å². The van der Waals surface area contributed by atoms with Crippen molar-refractivity contribution in [2.45, 2.75) is 18.7 Å². The van der Waals surface area contributed by atoms with E-state index in [-0.39, 0.29) is 10.6 Å². The van der Waals surface area contributed by atoms with Crippen LogP contribution in [0.3, 0.4) is 0 Å². The van der Waals surface area contributed by atoms with Crippen molar-refractivity contribution in [1.29, 1.82) is 0 Å². The van der Waals surface area contributed by atoms with Crippen molar-refractivity contribution in [1.82, 2.24) is 4.72 Å². The molecule has 0 aromatic heterocycles. The molecule has 6 nitrogen and oxygen atoms in total. The molecular weight excluding hydrogens is 364 g/mol. The highest BCUT2D eigenvalue weighted by Crippen LogP contribution is 2.27. The number of sulfonamides is 1. The average Bonchev–Trinajstić information content (AvgIpc) is 2.57. The fraction of sp³-hybridized carbons (Fsp3) is 0.235. The van der Waals surface area contributed by atoms with Gasteiger partial charge in [-0.15, -0.1) is 0 Å². The molecule has 0 aliphatic heterocycles. The first kappa shape index (κ1) is 19.2. The van der Waals surface area contributed by atoms with Crippen LogP contribution in [0, 0.1) is 13.8 Å². The number of carbonyl (C=O) groups excluding carboxylic acids is 1. The summed E-state index contributed by atoms with van der Waals surface area (Å²) in [5, 5.41) is 3.13. The van der Waals surface area contributed by atoms with E-state index in [4.69, 9.17) is 16.3 Å². The third-order valence-electron chi connectivity index (χ3n) is 3.62. The number of rotatable bonds is 6. The van der Waals surface area contributed by atoms with Gasteiger partial charge in [0.15, 0.2) is 0 Å². The average molecular weight is 383 g/mol. The highest BCUT2D eigenvalue weighted by Gasteiger charge is 2.21. The molecule has 0 heterocycles. The van der Waals surface area contributed by atoms with Gasteiger partial charge in [0, 0.05) is 10.7 Å². The van der Waals surface area contributed by atoms with Gasteiger partial charge in [-0.25, -0.2) is 13.1 Å². The molecule has 1 amide bonds. The second kappa shape index (κ2) is 7.86. The molecule has 0 unspecified atom stereocenters. The Kier molecular flexibility index (Phi) is 6.05. The number of carbonyl (C=O) groups is 1. The lowest BCUT2D eigenvalue weighted by Crippen LogP contribution is -2.33. The van der Waals surface area contributed by atoms with Gasteiger partial charge in [0.2, 0.25) is 15.9 Å². The summed E-state index contributed by atoms with van der Waals surface area (Å²) in [7, 11) is -2.49. The molecule has 2 aromatic carbocycles. The fourth-order valence-corrected chi connectivity index (χ4v) is 3.45. The number of halogens is 1. The van der Waals surface area contributed by atoms with Crippen LogP contribution in [-0.4, -0.2) is 28.0 Å². The maximum atomic E-state index is 12.5. The Balaban J connectivity index is 2.10. The quantitative estimate of drug-likeness (QED) is 0.804. The van der Waals surface area contributed by atoms with Gasteiger partial charge in [0.05, 0.1) is 13.7 Å². The van der Waals surface area contributed by atoms with Crippen molar-refractivity contribution in [2.75, 3.05) is 19.0 Å². The van der Waals surface area contributed by atoms with Crippen LogP contribution < -0.4 is 14.8 Å². The molecule has 2 aromatic rings. The number of aryl methyl sites for hydroxylation is 2.